The van der Waals surface area contributed by atoms with E-state index < -0.39 is 27.6 Å². The molecule has 1 heterocycles. The van der Waals surface area contributed by atoms with Gasteiger partial charge in [-0.1, -0.05) is 45.7 Å². The fourth-order valence-corrected chi connectivity index (χ4v) is 2.34. The molecule has 0 aliphatic rings. The summed E-state index contributed by atoms with van der Waals surface area (Å²) in [6.07, 6.45) is -4.95. The summed E-state index contributed by atoms with van der Waals surface area (Å²) in [4.78, 5) is 9.59. The average molecular weight is 385 g/mol. The van der Waals surface area contributed by atoms with Crippen LogP contribution in [0.25, 0.3) is 0 Å². The molecule has 1 aromatic heterocycles. The Labute approximate surface area is 129 Å². The summed E-state index contributed by atoms with van der Waals surface area (Å²) in [5.41, 5.74) is -2.26. The van der Waals surface area contributed by atoms with Crippen LogP contribution in [0.4, 0.5) is 18.9 Å². The van der Waals surface area contributed by atoms with Gasteiger partial charge in [-0.3, -0.25) is 10.1 Å². The van der Waals surface area contributed by atoms with Gasteiger partial charge in [0.05, 0.1) is 11.5 Å². The van der Waals surface area contributed by atoms with Gasteiger partial charge < -0.3 is 0 Å². The summed E-state index contributed by atoms with van der Waals surface area (Å²) in [6.45, 7) is -0.128. The van der Waals surface area contributed by atoms with E-state index in [4.69, 9.17) is 11.6 Å². The van der Waals surface area contributed by atoms with Gasteiger partial charge in [0.25, 0.3) is 0 Å². The van der Waals surface area contributed by atoms with Crippen molar-refractivity contribution < 1.29 is 18.1 Å². The lowest BCUT2D eigenvalue weighted by Gasteiger charge is -2.05. The van der Waals surface area contributed by atoms with Crippen LogP contribution in [0.1, 0.15) is 11.3 Å². The zero-order valence-electron chi connectivity index (χ0n) is 10.1. The predicted octanol–water partition coefficient (Wildman–Crippen LogP) is 4.27. The molecule has 112 valence electrons. The second-order valence-electron chi connectivity index (χ2n) is 3.99. The SMILES string of the molecule is O=[N+]([O-])c1c(C(F)(F)F)nn(Cc2ccccc2Br)c1Cl. The monoisotopic (exact) mass is 383 g/mol. The smallest absolute Gasteiger partial charge is 0.258 e. The Morgan fingerprint density at radius 3 is 2.48 bits per heavy atom. The van der Waals surface area contributed by atoms with Gasteiger partial charge in [-0.25, -0.2) is 4.68 Å². The molecule has 0 fully saturated rings. The Balaban J connectivity index is 2.51. The van der Waals surface area contributed by atoms with Crippen LogP contribution in [0.5, 0.6) is 0 Å². The van der Waals surface area contributed by atoms with E-state index in [1.54, 1.807) is 24.3 Å². The number of nitrogens with zero attached hydrogens (tertiary/aromatic N) is 3. The van der Waals surface area contributed by atoms with E-state index in [0.717, 1.165) is 4.68 Å². The van der Waals surface area contributed by atoms with Crippen molar-refractivity contribution in [3.63, 3.8) is 0 Å². The summed E-state index contributed by atoms with van der Waals surface area (Å²) in [5, 5.41) is 13.4. The first kappa shape index (κ1) is 15.8. The first-order valence-electron chi connectivity index (χ1n) is 5.43. The topological polar surface area (TPSA) is 61.0 Å². The Morgan fingerprint density at radius 2 is 2.00 bits per heavy atom. The van der Waals surface area contributed by atoms with Crippen molar-refractivity contribution in [2.24, 2.45) is 0 Å². The van der Waals surface area contributed by atoms with Crippen molar-refractivity contribution in [3.05, 3.63) is 55.3 Å². The van der Waals surface area contributed by atoms with Crippen LogP contribution in [0.15, 0.2) is 28.7 Å². The van der Waals surface area contributed by atoms with Gasteiger partial charge in [0.15, 0.2) is 0 Å². The molecular formula is C11H6BrClF3N3O2. The molecule has 2 aromatic rings. The highest BCUT2D eigenvalue weighted by Crippen LogP contribution is 2.39. The Morgan fingerprint density at radius 1 is 1.38 bits per heavy atom. The molecule has 0 aliphatic heterocycles. The third kappa shape index (κ3) is 3.18. The lowest BCUT2D eigenvalue weighted by Crippen LogP contribution is -2.10. The van der Waals surface area contributed by atoms with E-state index in [-0.39, 0.29) is 6.54 Å². The molecule has 21 heavy (non-hydrogen) atoms. The van der Waals surface area contributed by atoms with E-state index in [9.17, 15) is 23.3 Å². The quantitative estimate of drug-likeness (QED) is 0.586. The van der Waals surface area contributed by atoms with Crippen LogP contribution >= 0.6 is 27.5 Å². The molecule has 0 aliphatic carbocycles. The number of benzene rings is 1. The molecular weight excluding hydrogens is 378 g/mol. The maximum absolute atomic E-state index is 12.8. The van der Waals surface area contributed by atoms with Gasteiger partial charge in [0.2, 0.25) is 10.8 Å². The number of hydrogen-bond acceptors (Lipinski definition) is 3. The van der Waals surface area contributed by atoms with Crippen LogP contribution < -0.4 is 0 Å². The van der Waals surface area contributed by atoms with Crippen LogP contribution in [0.2, 0.25) is 5.15 Å². The highest BCUT2D eigenvalue weighted by atomic mass is 79.9. The van der Waals surface area contributed by atoms with E-state index in [1.807, 2.05) is 0 Å². The summed E-state index contributed by atoms with van der Waals surface area (Å²) in [7, 11) is 0. The highest BCUT2D eigenvalue weighted by Gasteiger charge is 2.45. The molecule has 0 N–H and O–H groups in total. The Bertz CT molecular complexity index is 703. The molecule has 5 nitrogen and oxygen atoms in total. The first-order valence-corrected chi connectivity index (χ1v) is 6.60. The lowest BCUT2D eigenvalue weighted by atomic mass is 10.2. The van der Waals surface area contributed by atoms with Crippen molar-refractivity contribution in [3.8, 4) is 0 Å². The fourth-order valence-electron chi connectivity index (χ4n) is 1.68. The summed E-state index contributed by atoms with van der Waals surface area (Å²) in [5.74, 6) is 0. The van der Waals surface area contributed by atoms with Crippen molar-refractivity contribution in [2.45, 2.75) is 12.7 Å². The first-order chi connectivity index (χ1) is 9.71. The van der Waals surface area contributed by atoms with E-state index in [2.05, 4.69) is 21.0 Å². The van der Waals surface area contributed by atoms with E-state index >= 15 is 0 Å². The average Bonchev–Trinajstić information content (AvgIpc) is 2.70. The third-order valence-corrected chi connectivity index (χ3v) is 3.74. The second-order valence-corrected chi connectivity index (χ2v) is 5.20. The Hall–Kier alpha value is -1.61. The molecule has 0 saturated heterocycles. The molecule has 2 rings (SSSR count). The van der Waals surface area contributed by atoms with Gasteiger partial charge in [-0.2, -0.15) is 18.3 Å². The van der Waals surface area contributed by atoms with Crippen molar-refractivity contribution in [1.29, 1.82) is 0 Å². The number of halogens is 5. The molecule has 0 unspecified atom stereocenters. The number of hydrogen-bond donors (Lipinski definition) is 0. The molecule has 0 amide bonds. The van der Waals surface area contributed by atoms with Gasteiger partial charge in [-0.15, -0.1) is 0 Å². The number of rotatable bonds is 3. The third-order valence-electron chi connectivity index (χ3n) is 2.60. The molecule has 1 aromatic carbocycles. The zero-order chi connectivity index (χ0) is 15.8. The lowest BCUT2D eigenvalue weighted by molar-refractivity contribution is -0.388. The zero-order valence-corrected chi connectivity index (χ0v) is 12.4. The maximum Gasteiger partial charge on any atom is 0.442 e. The number of aromatic nitrogens is 2. The van der Waals surface area contributed by atoms with Gasteiger partial charge >= 0.3 is 11.9 Å². The minimum atomic E-state index is -4.95. The standard InChI is InChI=1S/C11H6BrClF3N3O2/c12-7-4-2-1-3-6(7)5-18-10(13)8(19(20)21)9(17-18)11(14,15)16/h1-4H,5H2. The molecule has 0 radical (unpaired) electrons. The van der Waals surface area contributed by atoms with Crippen molar-refractivity contribution in [2.75, 3.05) is 0 Å². The van der Waals surface area contributed by atoms with Crippen molar-refractivity contribution >= 4 is 33.2 Å². The fraction of sp³-hybridized carbons (Fsp3) is 0.182. The van der Waals surface area contributed by atoms with Gasteiger partial charge in [-0.05, 0) is 11.6 Å². The molecule has 0 spiro atoms. The summed E-state index contributed by atoms with van der Waals surface area (Å²) < 4.78 is 39.7. The summed E-state index contributed by atoms with van der Waals surface area (Å²) in [6, 6.07) is 6.73. The van der Waals surface area contributed by atoms with Gasteiger partial charge in [0, 0.05) is 4.47 Å². The van der Waals surface area contributed by atoms with Crippen LogP contribution in [0.3, 0.4) is 0 Å². The predicted molar refractivity (Wildman–Crippen MR) is 72.1 cm³/mol. The molecule has 0 bridgehead atoms. The van der Waals surface area contributed by atoms with Gasteiger partial charge in [0.1, 0.15) is 0 Å². The van der Waals surface area contributed by atoms with Crippen molar-refractivity contribution in [1.82, 2.24) is 9.78 Å². The van der Waals surface area contributed by atoms with Crippen LogP contribution in [-0.4, -0.2) is 14.7 Å². The highest BCUT2D eigenvalue weighted by molar-refractivity contribution is 9.10. The molecule has 0 saturated carbocycles. The largest absolute Gasteiger partial charge is 0.442 e. The van der Waals surface area contributed by atoms with E-state index in [0.29, 0.717) is 10.0 Å². The van der Waals surface area contributed by atoms with Crippen LogP contribution in [0, 0.1) is 10.1 Å². The van der Waals surface area contributed by atoms with Crippen LogP contribution in [-0.2, 0) is 12.7 Å². The Kier molecular flexibility index (Phi) is 4.24. The second kappa shape index (κ2) is 5.64. The minimum Gasteiger partial charge on any atom is -0.258 e. The molecule has 0 atom stereocenters. The normalized spacial score (nSPS) is 11.7. The maximum atomic E-state index is 12.8. The number of nitro groups is 1. The van der Waals surface area contributed by atoms with E-state index in [1.165, 1.54) is 0 Å². The number of alkyl halides is 3. The molecule has 10 heteroatoms. The minimum absolute atomic E-state index is 0.128. The summed E-state index contributed by atoms with van der Waals surface area (Å²) >= 11 is 8.91.